The molecule has 2 aromatic carbocycles. The van der Waals surface area contributed by atoms with E-state index in [1.807, 2.05) is 12.1 Å². The van der Waals surface area contributed by atoms with Crippen molar-refractivity contribution in [3.63, 3.8) is 0 Å². The van der Waals surface area contributed by atoms with Crippen LogP contribution in [-0.4, -0.2) is 23.9 Å². The SMILES string of the molecule is COc1ccc(C(CO)Nc2ccc(Cl)cc2)cc1O. The zero-order chi connectivity index (χ0) is 14.5. The second-order valence-corrected chi connectivity index (χ2v) is 4.75. The van der Waals surface area contributed by atoms with E-state index in [2.05, 4.69) is 5.32 Å². The van der Waals surface area contributed by atoms with Crippen molar-refractivity contribution in [3.8, 4) is 11.5 Å². The van der Waals surface area contributed by atoms with Gasteiger partial charge in [0.1, 0.15) is 0 Å². The van der Waals surface area contributed by atoms with Gasteiger partial charge in [-0.2, -0.15) is 0 Å². The van der Waals surface area contributed by atoms with Crippen molar-refractivity contribution >= 4 is 17.3 Å². The minimum atomic E-state index is -0.326. The van der Waals surface area contributed by atoms with Gasteiger partial charge in [-0.1, -0.05) is 17.7 Å². The number of methoxy groups -OCH3 is 1. The first-order valence-electron chi connectivity index (χ1n) is 6.14. The molecule has 4 nitrogen and oxygen atoms in total. The first-order valence-corrected chi connectivity index (χ1v) is 6.51. The summed E-state index contributed by atoms with van der Waals surface area (Å²) in [4.78, 5) is 0. The second kappa shape index (κ2) is 6.50. The van der Waals surface area contributed by atoms with Crippen molar-refractivity contribution in [2.24, 2.45) is 0 Å². The number of rotatable bonds is 5. The smallest absolute Gasteiger partial charge is 0.160 e. The lowest BCUT2D eigenvalue weighted by atomic mass is 10.1. The predicted molar refractivity (Wildman–Crippen MR) is 79.6 cm³/mol. The number of aromatic hydroxyl groups is 1. The number of aliphatic hydroxyl groups is 1. The van der Waals surface area contributed by atoms with E-state index in [1.165, 1.54) is 7.11 Å². The number of phenolic OH excluding ortho intramolecular Hbond substituents is 1. The van der Waals surface area contributed by atoms with Crippen LogP contribution < -0.4 is 10.1 Å². The molecule has 0 heterocycles. The normalized spacial score (nSPS) is 11.9. The van der Waals surface area contributed by atoms with Crippen LogP contribution in [0.2, 0.25) is 5.02 Å². The number of halogens is 1. The highest BCUT2D eigenvalue weighted by Gasteiger charge is 2.12. The summed E-state index contributed by atoms with van der Waals surface area (Å²) in [5, 5.41) is 23.1. The average Bonchev–Trinajstić information content (AvgIpc) is 2.46. The summed E-state index contributed by atoms with van der Waals surface area (Å²) in [6.45, 7) is -0.103. The molecule has 0 bridgehead atoms. The molecule has 0 aliphatic heterocycles. The first-order chi connectivity index (χ1) is 9.63. The molecule has 20 heavy (non-hydrogen) atoms. The molecule has 2 rings (SSSR count). The van der Waals surface area contributed by atoms with Gasteiger partial charge in [-0.05, 0) is 42.0 Å². The summed E-state index contributed by atoms with van der Waals surface area (Å²) in [5.74, 6) is 0.443. The molecule has 0 aliphatic carbocycles. The van der Waals surface area contributed by atoms with E-state index >= 15 is 0 Å². The van der Waals surface area contributed by atoms with E-state index in [0.717, 1.165) is 11.3 Å². The largest absolute Gasteiger partial charge is 0.504 e. The Labute approximate surface area is 122 Å². The highest BCUT2D eigenvalue weighted by Crippen LogP contribution is 2.30. The minimum Gasteiger partial charge on any atom is -0.504 e. The molecule has 3 N–H and O–H groups in total. The molecular formula is C15H16ClNO3. The molecule has 0 aliphatic rings. The summed E-state index contributed by atoms with van der Waals surface area (Å²) < 4.78 is 5.00. The predicted octanol–water partition coefficient (Wildman–Crippen LogP) is 3.20. The van der Waals surface area contributed by atoms with Crippen LogP contribution in [0.4, 0.5) is 5.69 Å². The summed E-state index contributed by atoms with van der Waals surface area (Å²) in [7, 11) is 1.49. The van der Waals surface area contributed by atoms with Crippen molar-refractivity contribution < 1.29 is 14.9 Å². The molecule has 0 aromatic heterocycles. The number of phenols is 1. The monoisotopic (exact) mass is 293 g/mol. The Hall–Kier alpha value is -1.91. The quantitative estimate of drug-likeness (QED) is 0.792. The van der Waals surface area contributed by atoms with Crippen molar-refractivity contribution in [2.45, 2.75) is 6.04 Å². The van der Waals surface area contributed by atoms with Crippen LogP contribution in [0.1, 0.15) is 11.6 Å². The molecular weight excluding hydrogens is 278 g/mol. The average molecular weight is 294 g/mol. The Balaban J connectivity index is 2.19. The molecule has 5 heteroatoms. The van der Waals surface area contributed by atoms with Crippen LogP contribution in [0, 0.1) is 0 Å². The van der Waals surface area contributed by atoms with Gasteiger partial charge >= 0.3 is 0 Å². The Morgan fingerprint density at radius 3 is 2.45 bits per heavy atom. The zero-order valence-electron chi connectivity index (χ0n) is 11.0. The van der Waals surface area contributed by atoms with E-state index in [4.69, 9.17) is 16.3 Å². The van der Waals surface area contributed by atoms with Crippen LogP contribution in [0.5, 0.6) is 11.5 Å². The van der Waals surface area contributed by atoms with Crippen molar-refractivity contribution in [3.05, 3.63) is 53.1 Å². The third-order valence-corrected chi connectivity index (χ3v) is 3.22. The highest BCUT2D eigenvalue weighted by atomic mass is 35.5. The number of aliphatic hydroxyl groups excluding tert-OH is 1. The van der Waals surface area contributed by atoms with E-state index in [1.54, 1.807) is 30.3 Å². The van der Waals surface area contributed by atoms with Crippen LogP contribution in [0.15, 0.2) is 42.5 Å². The molecule has 2 aromatic rings. The highest BCUT2D eigenvalue weighted by molar-refractivity contribution is 6.30. The molecule has 1 atom stereocenters. The molecule has 0 radical (unpaired) electrons. The van der Waals surface area contributed by atoms with Gasteiger partial charge in [0, 0.05) is 10.7 Å². The standard InChI is InChI=1S/C15H16ClNO3/c1-20-15-7-2-10(8-14(15)19)13(9-18)17-12-5-3-11(16)4-6-12/h2-8,13,17-19H,9H2,1H3. The molecule has 0 saturated carbocycles. The van der Waals surface area contributed by atoms with Crippen molar-refractivity contribution in [1.29, 1.82) is 0 Å². The lowest BCUT2D eigenvalue weighted by Gasteiger charge is -2.19. The molecule has 1 unspecified atom stereocenters. The van der Waals surface area contributed by atoms with Crippen molar-refractivity contribution in [2.75, 3.05) is 19.0 Å². The molecule has 0 fully saturated rings. The van der Waals surface area contributed by atoms with Crippen LogP contribution in [0.3, 0.4) is 0 Å². The Morgan fingerprint density at radius 1 is 1.20 bits per heavy atom. The van der Waals surface area contributed by atoms with Gasteiger partial charge in [0.15, 0.2) is 11.5 Å². The Morgan fingerprint density at radius 2 is 1.90 bits per heavy atom. The van der Waals surface area contributed by atoms with Gasteiger partial charge in [0.05, 0.1) is 19.8 Å². The van der Waals surface area contributed by atoms with Crippen LogP contribution in [-0.2, 0) is 0 Å². The second-order valence-electron chi connectivity index (χ2n) is 4.32. The number of benzene rings is 2. The summed E-state index contributed by atoms with van der Waals surface area (Å²) in [5.41, 5.74) is 1.60. The molecule has 0 spiro atoms. The van der Waals surface area contributed by atoms with Gasteiger partial charge in [-0.3, -0.25) is 0 Å². The summed E-state index contributed by atoms with van der Waals surface area (Å²) >= 11 is 5.83. The van der Waals surface area contributed by atoms with E-state index in [-0.39, 0.29) is 18.4 Å². The topological polar surface area (TPSA) is 61.7 Å². The van der Waals surface area contributed by atoms with Gasteiger partial charge in [0.2, 0.25) is 0 Å². The third kappa shape index (κ3) is 3.35. The summed E-state index contributed by atoms with van der Waals surface area (Å²) in [6.07, 6.45) is 0. The minimum absolute atomic E-state index is 0.0429. The zero-order valence-corrected chi connectivity index (χ0v) is 11.8. The number of anilines is 1. The fourth-order valence-corrected chi connectivity index (χ4v) is 2.03. The fourth-order valence-electron chi connectivity index (χ4n) is 1.91. The lowest BCUT2D eigenvalue weighted by molar-refractivity contribution is 0.276. The van der Waals surface area contributed by atoms with Crippen molar-refractivity contribution in [1.82, 2.24) is 0 Å². The van der Waals surface area contributed by atoms with Gasteiger partial charge < -0.3 is 20.3 Å². The molecule has 106 valence electrons. The number of hydrogen-bond acceptors (Lipinski definition) is 4. The van der Waals surface area contributed by atoms with E-state index in [9.17, 15) is 10.2 Å². The van der Waals surface area contributed by atoms with Crippen LogP contribution >= 0.6 is 11.6 Å². The van der Waals surface area contributed by atoms with E-state index in [0.29, 0.717) is 10.8 Å². The van der Waals surface area contributed by atoms with Crippen LogP contribution in [0.25, 0.3) is 0 Å². The number of ether oxygens (including phenoxy) is 1. The van der Waals surface area contributed by atoms with Gasteiger partial charge in [-0.25, -0.2) is 0 Å². The maximum absolute atomic E-state index is 9.79. The number of hydrogen-bond donors (Lipinski definition) is 3. The van der Waals surface area contributed by atoms with E-state index < -0.39 is 0 Å². The molecule has 0 saturated heterocycles. The first kappa shape index (κ1) is 14.5. The summed E-state index contributed by atoms with van der Waals surface area (Å²) in [6, 6.07) is 11.9. The third-order valence-electron chi connectivity index (χ3n) is 2.97. The molecule has 0 amide bonds. The fraction of sp³-hybridized carbons (Fsp3) is 0.200. The lowest BCUT2D eigenvalue weighted by Crippen LogP contribution is -2.14. The number of nitrogens with one attached hydrogen (secondary N) is 1. The Kier molecular flexibility index (Phi) is 4.71. The maximum atomic E-state index is 9.79. The maximum Gasteiger partial charge on any atom is 0.160 e. The van der Waals surface area contributed by atoms with Gasteiger partial charge in [-0.15, -0.1) is 0 Å². The Bertz CT molecular complexity index is 572. The van der Waals surface area contributed by atoms with Gasteiger partial charge in [0.25, 0.3) is 0 Å².